The van der Waals surface area contributed by atoms with E-state index < -0.39 is 0 Å². The molecule has 2 amide bonds. The van der Waals surface area contributed by atoms with Crippen LogP contribution in [0.1, 0.15) is 25.7 Å². The van der Waals surface area contributed by atoms with Crippen molar-refractivity contribution in [1.29, 1.82) is 0 Å². The number of carbonyl (C=O) groups is 1. The molecule has 1 aliphatic carbocycles. The fourth-order valence-electron chi connectivity index (χ4n) is 1.97. The van der Waals surface area contributed by atoms with E-state index in [1.165, 1.54) is 0 Å². The van der Waals surface area contributed by atoms with Gasteiger partial charge in [0.1, 0.15) is 0 Å². The summed E-state index contributed by atoms with van der Waals surface area (Å²) in [6.45, 7) is 1.84. The van der Waals surface area contributed by atoms with Gasteiger partial charge in [0.25, 0.3) is 0 Å². The van der Waals surface area contributed by atoms with Crippen molar-refractivity contribution in [3.63, 3.8) is 0 Å². The van der Waals surface area contributed by atoms with Crippen molar-refractivity contribution < 1.29 is 4.79 Å². The standard InChI is InChI=1S/C9H17N3O/c10-7-5-8(6-7)11-9(13)12-3-1-2-4-12/h7-8H,1-6,10H2,(H,11,13). The van der Waals surface area contributed by atoms with E-state index in [0.717, 1.165) is 38.8 Å². The van der Waals surface area contributed by atoms with Gasteiger partial charge in [0, 0.05) is 25.2 Å². The molecule has 1 heterocycles. The number of likely N-dealkylation sites (tertiary alicyclic amines) is 1. The molecule has 13 heavy (non-hydrogen) atoms. The van der Waals surface area contributed by atoms with E-state index in [1.807, 2.05) is 4.90 Å². The van der Waals surface area contributed by atoms with Gasteiger partial charge in [-0.3, -0.25) is 0 Å². The van der Waals surface area contributed by atoms with Crippen LogP contribution in [0.4, 0.5) is 4.79 Å². The Hall–Kier alpha value is -0.770. The molecular formula is C9H17N3O. The molecule has 0 radical (unpaired) electrons. The van der Waals surface area contributed by atoms with Crippen LogP contribution in [0.3, 0.4) is 0 Å². The molecule has 2 rings (SSSR count). The fourth-order valence-corrected chi connectivity index (χ4v) is 1.97. The molecule has 1 saturated heterocycles. The van der Waals surface area contributed by atoms with Gasteiger partial charge < -0.3 is 16.0 Å². The molecule has 2 fully saturated rings. The molecule has 1 saturated carbocycles. The highest BCUT2D eigenvalue weighted by Gasteiger charge is 2.29. The Morgan fingerprint density at radius 3 is 2.46 bits per heavy atom. The zero-order chi connectivity index (χ0) is 9.26. The predicted octanol–water partition coefficient (Wildman–Crippen LogP) is 0.281. The highest BCUT2D eigenvalue weighted by Crippen LogP contribution is 2.18. The minimum Gasteiger partial charge on any atom is -0.335 e. The topological polar surface area (TPSA) is 58.4 Å². The van der Waals surface area contributed by atoms with E-state index >= 15 is 0 Å². The van der Waals surface area contributed by atoms with Gasteiger partial charge in [0.15, 0.2) is 0 Å². The van der Waals surface area contributed by atoms with E-state index in [2.05, 4.69) is 5.32 Å². The third-order valence-electron chi connectivity index (χ3n) is 2.90. The molecule has 1 aliphatic heterocycles. The Morgan fingerprint density at radius 2 is 1.92 bits per heavy atom. The number of rotatable bonds is 1. The summed E-state index contributed by atoms with van der Waals surface area (Å²) in [6, 6.07) is 0.751. The summed E-state index contributed by atoms with van der Waals surface area (Å²) in [5, 5.41) is 3.00. The number of nitrogens with two attached hydrogens (primary N) is 1. The molecule has 0 bridgehead atoms. The molecule has 0 aromatic carbocycles. The first-order chi connectivity index (χ1) is 6.25. The number of nitrogens with zero attached hydrogens (tertiary/aromatic N) is 1. The number of carbonyl (C=O) groups excluding carboxylic acids is 1. The van der Waals surface area contributed by atoms with Crippen LogP contribution in [0, 0.1) is 0 Å². The zero-order valence-electron chi connectivity index (χ0n) is 7.83. The van der Waals surface area contributed by atoms with Crippen LogP contribution in [0.5, 0.6) is 0 Å². The van der Waals surface area contributed by atoms with Crippen LogP contribution in [-0.4, -0.2) is 36.1 Å². The van der Waals surface area contributed by atoms with Crippen molar-refractivity contribution in [2.24, 2.45) is 5.73 Å². The summed E-state index contributed by atoms with van der Waals surface area (Å²) in [5.74, 6) is 0. The summed E-state index contributed by atoms with van der Waals surface area (Å²) in [5.41, 5.74) is 5.63. The molecule has 3 N–H and O–H groups in total. The fraction of sp³-hybridized carbons (Fsp3) is 0.889. The molecule has 74 valence electrons. The van der Waals surface area contributed by atoms with Gasteiger partial charge in [-0.15, -0.1) is 0 Å². The van der Waals surface area contributed by atoms with E-state index in [1.54, 1.807) is 0 Å². The first kappa shape index (κ1) is 8.81. The van der Waals surface area contributed by atoms with Crippen LogP contribution in [0.2, 0.25) is 0 Å². The molecule has 0 aromatic rings. The maximum atomic E-state index is 11.5. The SMILES string of the molecule is NC1CC(NC(=O)N2CCCC2)C1. The van der Waals surface area contributed by atoms with E-state index in [9.17, 15) is 4.79 Å². The third kappa shape index (κ3) is 1.94. The molecule has 0 spiro atoms. The molecule has 0 aromatic heterocycles. The maximum Gasteiger partial charge on any atom is 0.317 e. The van der Waals surface area contributed by atoms with Crippen molar-refractivity contribution in [2.45, 2.75) is 37.8 Å². The molecule has 0 unspecified atom stereocenters. The highest BCUT2D eigenvalue weighted by atomic mass is 16.2. The van der Waals surface area contributed by atoms with Gasteiger partial charge in [0.2, 0.25) is 0 Å². The number of urea groups is 1. The first-order valence-electron chi connectivity index (χ1n) is 5.07. The predicted molar refractivity (Wildman–Crippen MR) is 50.3 cm³/mol. The van der Waals surface area contributed by atoms with Crippen LogP contribution in [-0.2, 0) is 0 Å². The normalized spacial score (nSPS) is 32.8. The second-order valence-corrected chi connectivity index (χ2v) is 4.07. The van der Waals surface area contributed by atoms with Crippen LogP contribution in [0.25, 0.3) is 0 Å². The smallest absolute Gasteiger partial charge is 0.317 e. The molecule has 4 nitrogen and oxygen atoms in total. The molecule has 2 aliphatic rings. The zero-order valence-corrected chi connectivity index (χ0v) is 7.83. The monoisotopic (exact) mass is 183 g/mol. The van der Waals surface area contributed by atoms with E-state index in [4.69, 9.17) is 5.73 Å². The summed E-state index contributed by atoms with van der Waals surface area (Å²) in [4.78, 5) is 13.4. The Bertz CT molecular complexity index is 195. The summed E-state index contributed by atoms with van der Waals surface area (Å²) < 4.78 is 0. The Balaban J connectivity index is 1.72. The van der Waals surface area contributed by atoms with Crippen molar-refractivity contribution in [3.8, 4) is 0 Å². The van der Waals surface area contributed by atoms with Gasteiger partial charge in [0.05, 0.1) is 0 Å². The first-order valence-corrected chi connectivity index (χ1v) is 5.07. The maximum absolute atomic E-state index is 11.5. The highest BCUT2D eigenvalue weighted by molar-refractivity contribution is 5.74. The van der Waals surface area contributed by atoms with Gasteiger partial charge >= 0.3 is 6.03 Å². The van der Waals surface area contributed by atoms with E-state index in [-0.39, 0.29) is 6.03 Å². The van der Waals surface area contributed by atoms with E-state index in [0.29, 0.717) is 12.1 Å². The number of nitrogens with one attached hydrogen (secondary N) is 1. The summed E-state index contributed by atoms with van der Waals surface area (Å²) in [6.07, 6.45) is 4.19. The second-order valence-electron chi connectivity index (χ2n) is 4.07. The summed E-state index contributed by atoms with van der Waals surface area (Å²) in [7, 11) is 0. The quantitative estimate of drug-likeness (QED) is 0.613. The van der Waals surface area contributed by atoms with Gasteiger partial charge in [-0.25, -0.2) is 4.79 Å². The van der Waals surface area contributed by atoms with Crippen LogP contribution in [0.15, 0.2) is 0 Å². The largest absolute Gasteiger partial charge is 0.335 e. The lowest BCUT2D eigenvalue weighted by atomic mass is 9.88. The van der Waals surface area contributed by atoms with Crippen molar-refractivity contribution >= 4 is 6.03 Å². The number of hydrogen-bond donors (Lipinski definition) is 2. The Labute approximate surface area is 78.5 Å². The lowest BCUT2D eigenvalue weighted by molar-refractivity contribution is 0.192. The third-order valence-corrected chi connectivity index (χ3v) is 2.90. The van der Waals surface area contributed by atoms with Crippen LogP contribution >= 0.6 is 0 Å². The average molecular weight is 183 g/mol. The van der Waals surface area contributed by atoms with Gasteiger partial charge in [-0.05, 0) is 25.7 Å². The minimum absolute atomic E-state index is 0.106. The van der Waals surface area contributed by atoms with Crippen molar-refractivity contribution in [3.05, 3.63) is 0 Å². The average Bonchev–Trinajstić information content (AvgIpc) is 2.53. The Morgan fingerprint density at radius 1 is 1.31 bits per heavy atom. The summed E-state index contributed by atoms with van der Waals surface area (Å²) >= 11 is 0. The second kappa shape index (κ2) is 3.54. The van der Waals surface area contributed by atoms with Crippen molar-refractivity contribution in [2.75, 3.05) is 13.1 Å². The number of amides is 2. The lowest BCUT2D eigenvalue weighted by Crippen LogP contribution is -2.53. The van der Waals surface area contributed by atoms with Crippen molar-refractivity contribution in [1.82, 2.24) is 10.2 Å². The molecular weight excluding hydrogens is 166 g/mol. The molecule has 4 heteroatoms. The number of hydrogen-bond acceptors (Lipinski definition) is 2. The van der Waals surface area contributed by atoms with Crippen LogP contribution < -0.4 is 11.1 Å². The Kier molecular flexibility index (Phi) is 2.40. The molecule has 0 atom stereocenters. The van der Waals surface area contributed by atoms with Gasteiger partial charge in [-0.2, -0.15) is 0 Å². The van der Waals surface area contributed by atoms with Gasteiger partial charge in [-0.1, -0.05) is 0 Å². The minimum atomic E-state index is 0.106. The lowest BCUT2D eigenvalue weighted by Gasteiger charge is -2.34.